The zero-order chi connectivity index (χ0) is 49.4. The summed E-state index contributed by atoms with van der Waals surface area (Å²) in [5.41, 5.74) is 13.3. The molecule has 0 aliphatic heterocycles. The van der Waals surface area contributed by atoms with Gasteiger partial charge in [-0.3, -0.25) is 8.80 Å². The first kappa shape index (κ1) is 47.6. The van der Waals surface area contributed by atoms with Gasteiger partial charge in [0.15, 0.2) is 22.6 Å². The number of rotatable bonds is 9. The quantitative estimate of drug-likeness (QED) is 0.134. The first-order chi connectivity index (χ1) is 34.3. The average Bonchev–Trinajstić information content (AvgIpc) is 4.24. The summed E-state index contributed by atoms with van der Waals surface area (Å²) in [6.45, 7) is 3.85. The zero-order valence-electron chi connectivity index (χ0n) is 39.1. The van der Waals surface area contributed by atoms with E-state index >= 15 is 0 Å². The van der Waals surface area contributed by atoms with Crippen LogP contribution in [0.2, 0.25) is 0 Å². The molecule has 4 atom stereocenters. The molecular formula is C51H52BN11O6S2. The van der Waals surface area contributed by atoms with Crippen LogP contribution in [0.15, 0.2) is 156 Å². The number of hydrogen-bond acceptors (Lipinski definition) is 13. The van der Waals surface area contributed by atoms with E-state index in [0.29, 0.717) is 45.0 Å². The van der Waals surface area contributed by atoms with E-state index in [-0.39, 0.29) is 27.7 Å². The molecule has 6 heterocycles. The Hall–Kier alpha value is -7.10. The molecule has 0 saturated heterocycles. The van der Waals surface area contributed by atoms with Crippen molar-refractivity contribution >= 4 is 66.2 Å². The lowest BCUT2D eigenvalue weighted by atomic mass is 9.81. The Bertz CT molecular complexity index is 3710. The largest absolute Gasteiger partial charge is 0.488 e. The van der Waals surface area contributed by atoms with Crippen molar-refractivity contribution in [1.82, 2.24) is 47.1 Å². The summed E-state index contributed by atoms with van der Waals surface area (Å²) in [7, 11) is -8.86. The molecule has 4 N–H and O–H groups in total. The third-order valence-electron chi connectivity index (χ3n) is 13.5. The van der Waals surface area contributed by atoms with Gasteiger partial charge in [0.25, 0.3) is 20.0 Å². The Balaban J connectivity index is 0.000000141. The van der Waals surface area contributed by atoms with Crippen molar-refractivity contribution < 1.29 is 26.9 Å². The molecule has 2 aliphatic carbocycles. The van der Waals surface area contributed by atoms with Gasteiger partial charge in [0, 0.05) is 30.3 Å². The van der Waals surface area contributed by atoms with Gasteiger partial charge in [-0.2, -0.15) is 0 Å². The third-order valence-corrected chi connectivity index (χ3v) is 16.9. The molecule has 2 saturated carbocycles. The summed E-state index contributed by atoms with van der Waals surface area (Å²) in [5, 5.41) is 34.6. The highest BCUT2D eigenvalue weighted by Crippen LogP contribution is 2.40. The fourth-order valence-electron chi connectivity index (χ4n) is 9.79. The van der Waals surface area contributed by atoms with Crippen molar-refractivity contribution in [3.05, 3.63) is 174 Å². The van der Waals surface area contributed by atoms with Crippen LogP contribution in [0.25, 0.3) is 33.6 Å². The van der Waals surface area contributed by atoms with E-state index in [1.54, 1.807) is 104 Å². The summed E-state index contributed by atoms with van der Waals surface area (Å²) in [6.07, 6.45) is 13.3. The van der Waals surface area contributed by atoms with Crippen molar-refractivity contribution in [2.45, 2.75) is 86.5 Å². The van der Waals surface area contributed by atoms with Crippen molar-refractivity contribution in [2.24, 2.45) is 11.7 Å². The Labute approximate surface area is 410 Å². The molecule has 6 aromatic heterocycles. The second-order valence-corrected chi connectivity index (χ2v) is 22.0. The zero-order valence-corrected chi connectivity index (χ0v) is 40.7. The second kappa shape index (κ2) is 19.6. The van der Waals surface area contributed by atoms with Gasteiger partial charge in [-0.05, 0) is 112 Å². The van der Waals surface area contributed by atoms with Crippen LogP contribution in [0.3, 0.4) is 0 Å². The van der Waals surface area contributed by atoms with Crippen molar-refractivity contribution in [1.29, 1.82) is 0 Å². The summed E-state index contributed by atoms with van der Waals surface area (Å²) in [5.74, 6) is 2.81. The highest BCUT2D eigenvalue weighted by atomic mass is 32.2. The smallest absolute Gasteiger partial charge is 0.423 e. The molecule has 4 aromatic carbocycles. The first-order valence-electron chi connectivity index (χ1n) is 23.5. The Morgan fingerprint density at radius 3 is 1.49 bits per heavy atom. The second-order valence-electron chi connectivity index (χ2n) is 18.4. The Kier molecular flexibility index (Phi) is 13.1. The molecule has 0 unspecified atom stereocenters. The van der Waals surface area contributed by atoms with E-state index in [1.807, 2.05) is 34.8 Å². The molecule has 0 bridgehead atoms. The van der Waals surface area contributed by atoms with Gasteiger partial charge in [0.05, 0.1) is 33.2 Å². The Morgan fingerprint density at radius 1 is 0.577 bits per heavy atom. The van der Waals surface area contributed by atoms with Gasteiger partial charge in [-0.15, -0.1) is 20.4 Å². The maximum atomic E-state index is 13.3. The summed E-state index contributed by atoms with van der Waals surface area (Å²) >= 11 is 0. The van der Waals surface area contributed by atoms with Crippen LogP contribution in [-0.4, -0.2) is 87.2 Å². The lowest BCUT2D eigenvalue weighted by Crippen LogP contribution is -2.29. The maximum Gasteiger partial charge on any atom is 0.488 e. The van der Waals surface area contributed by atoms with Crippen LogP contribution in [0, 0.1) is 19.8 Å². The topological polar surface area (TPSA) is 231 Å². The van der Waals surface area contributed by atoms with E-state index in [0.717, 1.165) is 67.7 Å². The molecule has 12 rings (SSSR count). The first-order valence-corrected chi connectivity index (χ1v) is 26.4. The van der Waals surface area contributed by atoms with E-state index in [4.69, 9.17) is 15.8 Å². The summed E-state index contributed by atoms with van der Waals surface area (Å²) in [4.78, 5) is 9.28. The van der Waals surface area contributed by atoms with E-state index in [2.05, 4.69) is 54.6 Å². The number of benzene rings is 4. The van der Waals surface area contributed by atoms with Crippen molar-refractivity contribution in [3.63, 3.8) is 0 Å². The number of hydrogen-bond donors (Lipinski definition) is 3. The molecule has 362 valence electrons. The fourth-order valence-corrected chi connectivity index (χ4v) is 12.4. The SMILES string of the molecule is Cc1ccc(S(=O)(=O)n2ccc3c2ncc2nnc([C@@H]4CC[C@@H](Cc5ccccc5)C4)n23)cc1.Cc1ccc(S(=O)(=O)n2ccc3c2ncc2nnc([C@@H]4CC[C@@H](N)C4)n23)cc1.OB(O)c1ccccc1. The molecule has 2 fully saturated rings. The number of aryl methyl sites for hydroxylation is 2. The third kappa shape index (κ3) is 9.48. The molecule has 0 spiro atoms. The molecular weight excluding hydrogens is 938 g/mol. The minimum atomic E-state index is -3.77. The van der Waals surface area contributed by atoms with E-state index in [9.17, 15) is 16.8 Å². The minimum Gasteiger partial charge on any atom is -0.423 e. The fraction of sp³-hybridized carbons (Fsp3) is 0.255. The van der Waals surface area contributed by atoms with Crippen molar-refractivity contribution in [2.75, 3.05) is 0 Å². The molecule has 20 heteroatoms. The maximum absolute atomic E-state index is 13.3. The molecule has 17 nitrogen and oxygen atoms in total. The van der Waals surface area contributed by atoms with E-state index < -0.39 is 27.2 Å². The van der Waals surface area contributed by atoms with Crippen LogP contribution in [0.5, 0.6) is 0 Å². The van der Waals surface area contributed by atoms with Gasteiger partial charge in [0.2, 0.25) is 0 Å². The van der Waals surface area contributed by atoms with Gasteiger partial charge >= 0.3 is 7.12 Å². The number of nitrogens with two attached hydrogens (primary N) is 1. The molecule has 0 amide bonds. The predicted octanol–water partition coefficient (Wildman–Crippen LogP) is 6.34. The molecule has 71 heavy (non-hydrogen) atoms. The Morgan fingerprint density at radius 2 is 1.04 bits per heavy atom. The van der Waals surface area contributed by atoms with Crippen molar-refractivity contribution in [3.8, 4) is 0 Å². The molecule has 0 radical (unpaired) electrons. The number of fused-ring (bicyclic) bond motifs is 6. The van der Waals surface area contributed by atoms with Gasteiger partial charge in [-0.1, -0.05) is 96.1 Å². The highest BCUT2D eigenvalue weighted by molar-refractivity contribution is 7.90. The minimum absolute atomic E-state index is 0.168. The van der Waals surface area contributed by atoms with Gasteiger partial charge < -0.3 is 15.8 Å². The normalized spacial score (nSPS) is 18.2. The summed E-state index contributed by atoms with van der Waals surface area (Å²) < 4.78 is 59.3. The standard InChI is InChI=1S/C26H25N5O2S.C19H20N6O2S.C6H7BO2/c1-18-7-11-22(12-8-18)34(32,33)30-14-13-23-26(30)27-17-24-28-29-25(31(23)24)21-10-9-20(16-21)15-19-5-3-2-4-6-19;1-12-2-6-15(7-3-12)28(26,27)24-9-8-16-19(24)21-11-17-22-23-18(25(16)17)13-4-5-14(20)10-13;8-7(9)6-4-2-1-3-5-6/h2-8,11-14,17,20-21H,9-10,15-16H2,1H3;2-3,6-9,11,13-14H,4-5,10,20H2,1H3;1-5,8-9H/t20-,21+;13-,14-;/m01./s1. The van der Waals surface area contributed by atoms with Gasteiger partial charge in [0.1, 0.15) is 11.6 Å². The predicted molar refractivity (Wildman–Crippen MR) is 271 cm³/mol. The van der Waals surface area contributed by atoms with Crippen LogP contribution in [0.1, 0.15) is 78.7 Å². The summed E-state index contributed by atoms with van der Waals surface area (Å²) in [6, 6.07) is 36.6. The molecule has 10 aromatic rings. The van der Waals surface area contributed by atoms with Crippen LogP contribution >= 0.6 is 0 Å². The lowest BCUT2D eigenvalue weighted by molar-refractivity contribution is 0.425. The number of nitrogens with zero attached hydrogens (tertiary/aromatic N) is 10. The molecule has 2 aliphatic rings. The highest BCUT2D eigenvalue weighted by Gasteiger charge is 2.32. The number of aromatic nitrogens is 10. The lowest BCUT2D eigenvalue weighted by Gasteiger charge is -2.11. The van der Waals surface area contributed by atoms with Crippen LogP contribution < -0.4 is 11.2 Å². The van der Waals surface area contributed by atoms with Crippen LogP contribution in [0.4, 0.5) is 0 Å². The van der Waals surface area contributed by atoms with Gasteiger partial charge in [-0.25, -0.2) is 34.7 Å². The average molecular weight is 990 g/mol. The van der Waals surface area contributed by atoms with Crippen LogP contribution in [-0.2, 0) is 26.5 Å². The van der Waals surface area contributed by atoms with E-state index in [1.165, 1.54) is 19.7 Å². The monoisotopic (exact) mass is 989 g/mol.